The molecular formula is C12H11NO2. The van der Waals surface area contributed by atoms with Crippen LogP contribution >= 0.6 is 0 Å². The van der Waals surface area contributed by atoms with Crippen LogP contribution in [0.5, 0.6) is 5.75 Å². The van der Waals surface area contributed by atoms with Crippen LogP contribution < -0.4 is 5.56 Å². The van der Waals surface area contributed by atoms with E-state index in [1.807, 2.05) is 13.0 Å². The zero-order valence-electron chi connectivity index (χ0n) is 8.32. The lowest BCUT2D eigenvalue weighted by molar-refractivity contribution is 0.475. The normalized spacial score (nSPS) is 10.2. The number of benzene rings is 1. The zero-order valence-corrected chi connectivity index (χ0v) is 8.32. The first-order valence-electron chi connectivity index (χ1n) is 4.65. The van der Waals surface area contributed by atoms with E-state index in [0.717, 1.165) is 11.1 Å². The molecule has 15 heavy (non-hydrogen) atoms. The zero-order chi connectivity index (χ0) is 10.8. The van der Waals surface area contributed by atoms with Crippen molar-refractivity contribution in [2.45, 2.75) is 6.92 Å². The first-order chi connectivity index (χ1) is 7.16. The fourth-order valence-electron chi connectivity index (χ4n) is 1.45. The minimum Gasteiger partial charge on any atom is -0.508 e. The lowest BCUT2D eigenvalue weighted by atomic mass is 10.1. The van der Waals surface area contributed by atoms with Crippen LogP contribution in [0.3, 0.4) is 0 Å². The van der Waals surface area contributed by atoms with Crippen molar-refractivity contribution in [3.05, 3.63) is 52.4 Å². The van der Waals surface area contributed by atoms with Gasteiger partial charge in [-0.25, -0.2) is 0 Å². The largest absolute Gasteiger partial charge is 0.508 e. The summed E-state index contributed by atoms with van der Waals surface area (Å²) in [5.74, 6) is 0.197. The van der Waals surface area contributed by atoms with Gasteiger partial charge in [-0.15, -0.1) is 0 Å². The number of hydrogen-bond donors (Lipinski definition) is 2. The van der Waals surface area contributed by atoms with Gasteiger partial charge in [-0.05, 0) is 36.2 Å². The molecule has 0 saturated carbocycles. The van der Waals surface area contributed by atoms with Crippen molar-refractivity contribution in [2.24, 2.45) is 0 Å². The van der Waals surface area contributed by atoms with Crippen LogP contribution in [0.2, 0.25) is 0 Å². The molecule has 0 spiro atoms. The van der Waals surface area contributed by atoms with Gasteiger partial charge in [0.25, 0.3) is 5.56 Å². The smallest absolute Gasteiger partial charge is 0.255 e. The molecule has 0 aliphatic rings. The van der Waals surface area contributed by atoms with Crippen LogP contribution in [-0.4, -0.2) is 10.1 Å². The van der Waals surface area contributed by atoms with Crippen molar-refractivity contribution < 1.29 is 5.11 Å². The Morgan fingerprint density at radius 1 is 1.20 bits per heavy atom. The van der Waals surface area contributed by atoms with E-state index in [1.165, 1.54) is 0 Å². The summed E-state index contributed by atoms with van der Waals surface area (Å²) in [7, 11) is 0. The Bertz CT molecular complexity index is 526. The molecule has 0 aliphatic carbocycles. The Morgan fingerprint density at radius 2 is 1.87 bits per heavy atom. The Labute approximate surface area is 87.0 Å². The summed E-state index contributed by atoms with van der Waals surface area (Å²) in [6.07, 6.45) is 1.67. The van der Waals surface area contributed by atoms with E-state index >= 15 is 0 Å². The number of aromatic amines is 1. The number of aromatic hydroxyl groups is 1. The molecule has 0 atom stereocenters. The molecule has 1 aromatic heterocycles. The second-order valence-electron chi connectivity index (χ2n) is 3.47. The molecule has 2 rings (SSSR count). The number of hydrogen-bond acceptors (Lipinski definition) is 2. The van der Waals surface area contributed by atoms with Crippen molar-refractivity contribution in [3.63, 3.8) is 0 Å². The van der Waals surface area contributed by atoms with Gasteiger partial charge in [0.2, 0.25) is 0 Å². The molecule has 76 valence electrons. The number of aromatic nitrogens is 1. The summed E-state index contributed by atoms with van der Waals surface area (Å²) >= 11 is 0. The molecule has 3 heteroatoms. The predicted molar refractivity (Wildman–Crippen MR) is 58.9 cm³/mol. The molecule has 1 heterocycles. The maximum atomic E-state index is 11.5. The van der Waals surface area contributed by atoms with Gasteiger partial charge in [-0.3, -0.25) is 4.79 Å². The van der Waals surface area contributed by atoms with Gasteiger partial charge in [0.15, 0.2) is 0 Å². The molecule has 0 radical (unpaired) electrons. The molecule has 0 saturated heterocycles. The lowest BCUT2D eigenvalue weighted by Gasteiger charge is -2.01. The van der Waals surface area contributed by atoms with Gasteiger partial charge < -0.3 is 10.1 Å². The number of pyridine rings is 1. The Hall–Kier alpha value is -2.03. The van der Waals surface area contributed by atoms with Gasteiger partial charge in [-0.1, -0.05) is 12.1 Å². The van der Waals surface area contributed by atoms with Gasteiger partial charge in [-0.2, -0.15) is 0 Å². The first-order valence-corrected chi connectivity index (χ1v) is 4.65. The maximum Gasteiger partial charge on any atom is 0.255 e. The third-order valence-electron chi connectivity index (χ3n) is 2.23. The van der Waals surface area contributed by atoms with Crippen LogP contribution in [0, 0.1) is 6.92 Å². The third kappa shape index (κ3) is 1.91. The molecule has 3 nitrogen and oxygen atoms in total. The van der Waals surface area contributed by atoms with Crippen molar-refractivity contribution in [2.75, 3.05) is 0 Å². The minimum absolute atomic E-state index is 0.119. The SMILES string of the molecule is Cc1c[nH]c(=O)c(-c2ccc(O)cc2)c1. The van der Waals surface area contributed by atoms with Gasteiger partial charge in [0.1, 0.15) is 5.75 Å². The van der Waals surface area contributed by atoms with E-state index in [2.05, 4.69) is 4.98 Å². The quantitative estimate of drug-likeness (QED) is 0.742. The molecular weight excluding hydrogens is 190 g/mol. The molecule has 2 aromatic rings. The van der Waals surface area contributed by atoms with Crippen LogP contribution in [0.4, 0.5) is 0 Å². The molecule has 0 aliphatic heterocycles. The fraction of sp³-hybridized carbons (Fsp3) is 0.0833. The summed E-state index contributed by atoms with van der Waals surface area (Å²) in [6.45, 7) is 1.92. The summed E-state index contributed by atoms with van der Waals surface area (Å²) in [5.41, 5.74) is 2.30. The van der Waals surface area contributed by atoms with E-state index in [-0.39, 0.29) is 11.3 Å². The molecule has 2 N–H and O–H groups in total. The van der Waals surface area contributed by atoms with Crippen LogP contribution in [0.1, 0.15) is 5.56 Å². The third-order valence-corrected chi connectivity index (χ3v) is 2.23. The molecule has 0 amide bonds. The Balaban J connectivity index is 2.58. The molecule has 1 aromatic carbocycles. The van der Waals surface area contributed by atoms with Gasteiger partial charge in [0, 0.05) is 11.8 Å². The average Bonchev–Trinajstić information content (AvgIpc) is 2.23. The lowest BCUT2D eigenvalue weighted by Crippen LogP contribution is -2.08. The maximum absolute atomic E-state index is 11.5. The second kappa shape index (κ2) is 3.61. The number of H-pyrrole nitrogens is 1. The highest BCUT2D eigenvalue weighted by atomic mass is 16.3. The second-order valence-corrected chi connectivity index (χ2v) is 3.47. The Kier molecular flexibility index (Phi) is 2.29. The van der Waals surface area contributed by atoms with E-state index in [1.54, 1.807) is 30.5 Å². The van der Waals surface area contributed by atoms with Crippen LogP contribution in [0.15, 0.2) is 41.3 Å². The predicted octanol–water partition coefficient (Wildman–Crippen LogP) is 2.06. The number of aryl methyl sites for hydroxylation is 1. The van der Waals surface area contributed by atoms with Crippen molar-refractivity contribution in [1.29, 1.82) is 0 Å². The number of rotatable bonds is 1. The van der Waals surface area contributed by atoms with E-state index in [0.29, 0.717) is 5.56 Å². The summed E-state index contributed by atoms with van der Waals surface area (Å²) < 4.78 is 0. The minimum atomic E-state index is -0.119. The highest BCUT2D eigenvalue weighted by Gasteiger charge is 2.02. The Morgan fingerprint density at radius 3 is 2.53 bits per heavy atom. The highest BCUT2D eigenvalue weighted by Crippen LogP contribution is 2.18. The van der Waals surface area contributed by atoms with Gasteiger partial charge >= 0.3 is 0 Å². The molecule has 0 bridgehead atoms. The summed E-state index contributed by atoms with van der Waals surface area (Å²) in [5, 5.41) is 9.14. The van der Waals surface area contributed by atoms with Crippen molar-refractivity contribution in [1.82, 2.24) is 4.98 Å². The first kappa shape index (κ1) is 9.52. The number of nitrogens with one attached hydrogen (secondary N) is 1. The average molecular weight is 201 g/mol. The monoisotopic (exact) mass is 201 g/mol. The summed E-state index contributed by atoms with van der Waals surface area (Å²) in [4.78, 5) is 14.2. The topological polar surface area (TPSA) is 53.1 Å². The highest BCUT2D eigenvalue weighted by molar-refractivity contribution is 5.63. The molecule has 0 unspecified atom stereocenters. The number of phenolic OH excluding ortho intramolecular Hbond substituents is 1. The molecule has 0 fully saturated rings. The van der Waals surface area contributed by atoms with E-state index in [4.69, 9.17) is 5.11 Å². The van der Waals surface area contributed by atoms with Crippen molar-refractivity contribution in [3.8, 4) is 16.9 Å². The number of phenols is 1. The van der Waals surface area contributed by atoms with Gasteiger partial charge in [0.05, 0.1) is 0 Å². The summed E-state index contributed by atoms with van der Waals surface area (Å²) in [6, 6.07) is 8.40. The van der Waals surface area contributed by atoms with Crippen LogP contribution in [-0.2, 0) is 0 Å². The standard InChI is InChI=1S/C12H11NO2/c1-8-6-11(12(15)13-7-8)9-2-4-10(14)5-3-9/h2-7,14H,1H3,(H,13,15). The van der Waals surface area contributed by atoms with E-state index in [9.17, 15) is 4.79 Å². The van der Waals surface area contributed by atoms with Crippen molar-refractivity contribution >= 4 is 0 Å². The van der Waals surface area contributed by atoms with E-state index < -0.39 is 0 Å². The fourth-order valence-corrected chi connectivity index (χ4v) is 1.45. The van der Waals surface area contributed by atoms with Crippen LogP contribution in [0.25, 0.3) is 11.1 Å².